The lowest BCUT2D eigenvalue weighted by molar-refractivity contribution is 0.267. The minimum absolute atomic E-state index is 0.171. The molecule has 0 saturated carbocycles. The molecule has 0 bridgehead atoms. The van der Waals surface area contributed by atoms with Crippen LogP contribution in [-0.4, -0.2) is 27.3 Å². The predicted octanol–water partition coefficient (Wildman–Crippen LogP) is 3.05. The van der Waals surface area contributed by atoms with Gasteiger partial charge in [0.05, 0.1) is 4.90 Å². The Morgan fingerprint density at radius 1 is 1.15 bits per heavy atom. The van der Waals surface area contributed by atoms with Crippen molar-refractivity contribution in [2.75, 3.05) is 12.8 Å². The highest BCUT2D eigenvalue weighted by atomic mass is 32.2. The van der Waals surface area contributed by atoms with Crippen LogP contribution in [0.3, 0.4) is 0 Å². The van der Waals surface area contributed by atoms with Crippen molar-refractivity contribution >= 4 is 9.84 Å². The van der Waals surface area contributed by atoms with Gasteiger partial charge < -0.3 is 5.32 Å². The summed E-state index contributed by atoms with van der Waals surface area (Å²) < 4.78 is 22.9. The van der Waals surface area contributed by atoms with Crippen molar-refractivity contribution in [1.82, 2.24) is 5.32 Å². The third-order valence-corrected chi connectivity index (χ3v) is 4.61. The van der Waals surface area contributed by atoms with E-state index >= 15 is 0 Å². The summed E-state index contributed by atoms with van der Waals surface area (Å²) in [4.78, 5) is 0.384. The second kappa shape index (κ2) is 6.72. The zero-order valence-corrected chi connectivity index (χ0v) is 14.0. The van der Waals surface area contributed by atoms with Gasteiger partial charge in [0.2, 0.25) is 0 Å². The number of hydrogen-bond acceptors (Lipinski definition) is 3. The van der Waals surface area contributed by atoms with Crippen molar-refractivity contribution in [2.24, 2.45) is 5.41 Å². The maximum Gasteiger partial charge on any atom is 0.175 e. The second-order valence-corrected chi connectivity index (χ2v) is 8.51. The SMILES string of the molecule is CCCNC(Cc1ccc(S(C)(=O)=O)cc1)C(C)(C)C. The second-order valence-electron chi connectivity index (χ2n) is 6.49. The predicted molar refractivity (Wildman–Crippen MR) is 84.8 cm³/mol. The van der Waals surface area contributed by atoms with Gasteiger partial charge in [-0.15, -0.1) is 0 Å². The summed E-state index contributed by atoms with van der Waals surface area (Å²) >= 11 is 0. The molecule has 0 amide bonds. The van der Waals surface area contributed by atoms with E-state index in [0.717, 1.165) is 19.4 Å². The van der Waals surface area contributed by atoms with Crippen LogP contribution in [0.25, 0.3) is 0 Å². The number of sulfone groups is 1. The average Bonchev–Trinajstić information content (AvgIpc) is 2.32. The van der Waals surface area contributed by atoms with Crippen molar-refractivity contribution in [2.45, 2.75) is 51.5 Å². The molecule has 1 atom stereocenters. The third kappa shape index (κ3) is 5.25. The number of nitrogens with one attached hydrogen (secondary N) is 1. The zero-order chi connectivity index (χ0) is 15.4. The first kappa shape index (κ1) is 17.2. The largest absolute Gasteiger partial charge is 0.313 e. The van der Waals surface area contributed by atoms with Crippen LogP contribution in [0.4, 0.5) is 0 Å². The number of rotatable bonds is 6. The number of hydrogen-bond donors (Lipinski definition) is 1. The minimum Gasteiger partial charge on any atom is -0.313 e. The van der Waals surface area contributed by atoms with Crippen LogP contribution in [0, 0.1) is 5.41 Å². The van der Waals surface area contributed by atoms with E-state index in [9.17, 15) is 8.42 Å². The van der Waals surface area contributed by atoms with Gasteiger partial charge in [-0.2, -0.15) is 0 Å². The summed E-state index contributed by atoms with van der Waals surface area (Å²) in [5, 5.41) is 3.58. The van der Waals surface area contributed by atoms with E-state index in [1.165, 1.54) is 11.8 Å². The highest BCUT2D eigenvalue weighted by Gasteiger charge is 2.24. The van der Waals surface area contributed by atoms with Crippen LogP contribution in [0.5, 0.6) is 0 Å². The van der Waals surface area contributed by atoms with E-state index in [2.05, 4.69) is 33.0 Å². The average molecular weight is 297 g/mol. The highest BCUT2D eigenvalue weighted by Crippen LogP contribution is 2.23. The van der Waals surface area contributed by atoms with E-state index in [-0.39, 0.29) is 5.41 Å². The van der Waals surface area contributed by atoms with Gasteiger partial charge in [0.15, 0.2) is 9.84 Å². The van der Waals surface area contributed by atoms with Crippen LogP contribution < -0.4 is 5.32 Å². The van der Waals surface area contributed by atoms with Gasteiger partial charge in [0, 0.05) is 12.3 Å². The lowest BCUT2D eigenvalue weighted by Crippen LogP contribution is -2.42. The van der Waals surface area contributed by atoms with Gasteiger partial charge in [-0.05, 0) is 42.5 Å². The summed E-state index contributed by atoms with van der Waals surface area (Å²) in [7, 11) is -3.11. The van der Waals surface area contributed by atoms with Gasteiger partial charge in [0.1, 0.15) is 0 Å². The fourth-order valence-electron chi connectivity index (χ4n) is 2.11. The fraction of sp³-hybridized carbons (Fsp3) is 0.625. The summed E-state index contributed by atoms with van der Waals surface area (Å²) in [6.07, 6.45) is 3.26. The molecule has 0 saturated heterocycles. The summed E-state index contributed by atoms with van der Waals surface area (Å²) in [5.74, 6) is 0. The molecule has 0 radical (unpaired) electrons. The molecule has 114 valence electrons. The maximum atomic E-state index is 11.5. The van der Waals surface area contributed by atoms with E-state index < -0.39 is 9.84 Å². The fourth-order valence-corrected chi connectivity index (χ4v) is 2.74. The molecule has 0 aliphatic carbocycles. The Balaban J connectivity index is 2.84. The molecule has 0 spiro atoms. The van der Waals surface area contributed by atoms with Crippen LogP contribution in [0.2, 0.25) is 0 Å². The van der Waals surface area contributed by atoms with Gasteiger partial charge in [0.25, 0.3) is 0 Å². The van der Waals surface area contributed by atoms with E-state index in [0.29, 0.717) is 10.9 Å². The molecule has 0 fully saturated rings. The van der Waals surface area contributed by atoms with Crippen LogP contribution >= 0.6 is 0 Å². The van der Waals surface area contributed by atoms with Gasteiger partial charge >= 0.3 is 0 Å². The minimum atomic E-state index is -3.11. The van der Waals surface area contributed by atoms with Gasteiger partial charge in [-0.25, -0.2) is 8.42 Å². The smallest absolute Gasteiger partial charge is 0.175 e. The Labute approximate surface area is 123 Å². The van der Waals surface area contributed by atoms with Gasteiger partial charge in [-0.1, -0.05) is 39.8 Å². The molecule has 1 N–H and O–H groups in total. The topological polar surface area (TPSA) is 46.2 Å². The molecule has 20 heavy (non-hydrogen) atoms. The molecule has 1 unspecified atom stereocenters. The molecular weight excluding hydrogens is 270 g/mol. The monoisotopic (exact) mass is 297 g/mol. The molecule has 0 aromatic heterocycles. The standard InChI is InChI=1S/C16H27NO2S/c1-6-11-17-15(16(2,3)4)12-13-7-9-14(10-8-13)20(5,18)19/h7-10,15,17H,6,11-12H2,1-5H3. The Kier molecular flexibility index (Phi) is 5.78. The van der Waals surface area contributed by atoms with Crippen LogP contribution in [0.15, 0.2) is 29.2 Å². The van der Waals surface area contributed by atoms with Crippen molar-refractivity contribution in [3.05, 3.63) is 29.8 Å². The summed E-state index contributed by atoms with van der Waals surface area (Å²) in [5.41, 5.74) is 1.34. The van der Waals surface area contributed by atoms with Crippen molar-refractivity contribution in [3.63, 3.8) is 0 Å². The lowest BCUT2D eigenvalue weighted by Gasteiger charge is -2.32. The highest BCUT2D eigenvalue weighted by molar-refractivity contribution is 7.90. The molecule has 4 heteroatoms. The summed E-state index contributed by atoms with van der Waals surface area (Å²) in [6.45, 7) is 9.85. The summed E-state index contributed by atoms with van der Waals surface area (Å²) in [6, 6.07) is 7.62. The number of benzene rings is 1. The van der Waals surface area contributed by atoms with Crippen molar-refractivity contribution in [3.8, 4) is 0 Å². The Hall–Kier alpha value is -0.870. The zero-order valence-electron chi connectivity index (χ0n) is 13.2. The Morgan fingerprint density at radius 2 is 1.70 bits per heavy atom. The van der Waals surface area contributed by atoms with E-state index in [1.807, 2.05) is 12.1 Å². The first-order valence-electron chi connectivity index (χ1n) is 7.17. The Morgan fingerprint density at radius 3 is 2.10 bits per heavy atom. The molecule has 1 aromatic carbocycles. The molecule has 0 aliphatic rings. The molecule has 1 aromatic rings. The molecule has 0 heterocycles. The van der Waals surface area contributed by atoms with Crippen molar-refractivity contribution in [1.29, 1.82) is 0 Å². The quantitative estimate of drug-likeness (QED) is 0.878. The lowest BCUT2D eigenvalue weighted by atomic mass is 9.83. The molecule has 3 nitrogen and oxygen atoms in total. The van der Waals surface area contributed by atoms with Crippen LogP contribution in [-0.2, 0) is 16.3 Å². The first-order valence-corrected chi connectivity index (χ1v) is 9.06. The maximum absolute atomic E-state index is 11.5. The third-order valence-electron chi connectivity index (χ3n) is 3.48. The van der Waals surface area contributed by atoms with E-state index in [1.54, 1.807) is 12.1 Å². The first-order chi connectivity index (χ1) is 9.14. The van der Waals surface area contributed by atoms with Crippen molar-refractivity contribution < 1.29 is 8.42 Å². The van der Waals surface area contributed by atoms with E-state index in [4.69, 9.17) is 0 Å². The van der Waals surface area contributed by atoms with Crippen LogP contribution in [0.1, 0.15) is 39.7 Å². The Bertz CT molecular complexity index is 512. The molecule has 1 rings (SSSR count). The molecule has 0 aliphatic heterocycles. The normalized spacial score (nSPS) is 14.2. The van der Waals surface area contributed by atoms with Gasteiger partial charge in [-0.3, -0.25) is 0 Å². The molecular formula is C16H27NO2S.